The number of nitrogens with zero attached hydrogens (tertiary/aromatic N) is 3. The Bertz CT molecular complexity index is 577. The molecule has 4 nitrogen and oxygen atoms in total. The second-order valence-corrected chi connectivity index (χ2v) is 4.92. The molecule has 2 aromatic rings. The fourth-order valence-electron chi connectivity index (χ4n) is 1.90. The topological polar surface area (TPSA) is 53.6 Å². The van der Waals surface area contributed by atoms with E-state index in [2.05, 4.69) is 30.2 Å². The van der Waals surface area contributed by atoms with Crippen LogP contribution in [0.4, 0.5) is 5.69 Å². The van der Waals surface area contributed by atoms with E-state index >= 15 is 0 Å². The van der Waals surface area contributed by atoms with Gasteiger partial charge in [0.1, 0.15) is 0 Å². The quantitative estimate of drug-likeness (QED) is 0.897. The maximum Gasteiger partial charge on any atom is 0.0955 e. The minimum atomic E-state index is 0.0319. The first-order chi connectivity index (χ1) is 8.61. The number of rotatable bonds is 4. The molecule has 0 saturated carbocycles. The van der Waals surface area contributed by atoms with Crippen molar-refractivity contribution in [3.8, 4) is 6.07 Å². The Kier molecular flexibility index (Phi) is 3.52. The van der Waals surface area contributed by atoms with Gasteiger partial charge in [-0.1, -0.05) is 13.8 Å². The van der Waals surface area contributed by atoms with Crippen LogP contribution in [0, 0.1) is 23.2 Å². The van der Waals surface area contributed by atoms with Crippen molar-refractivity contribution in [1.29, 1.82) is 5.26 Å². The Morgan fingerprint density at radius 2 is 2.22 bits per heavy atom. The van der Waals surface area contributed by atoms with Gasteiger partial charge in [0.05, 0.1) is 29.3 Å². The predicted octanol–water partition coefficient (Wildman–Crippen LogP) is 2.78. The van der Waals surface area contributed by atoms with Crippen molar-refractivity contribution in [2.24, 2.45) is 18.9 Å². The van der Waals surface area contributed by atoms with E-state index in [1.165, 1.54) is 0 Å². The highest BCUT2D eigenvalue weighted by Gasteiger charge is 2.11. The first kappa shape index (κ1) is 12.4. The Labute approximate surface area is 107 Å². The van der Waals surface area contributed by atoms with Crippen LogP contribution in [0.2, 0.25) is 0 Å². The predicted molar refractivity (Wildman–Crippen MR) is 73.1 cm³/mol. The number of benzene rings is 1. The van der Waals surface area contributed by atoms with Crippen LogP contribution in [0.1, 0.15) is 13.8 Å². The number of nitriles is 1. The van der Waals surface area contributed by atoms with E-state index in [9.17, 15) is 0 Å². The summed E-state index contributed by atoms with van der Waals surface area (Å²) in [7, 11) is 1.98. The molecule has 1 unspecified atom stereocenters. The van der Waals surface area contributed by atoms with Crippen LogP contribution in [0.5, 0.6) is 0 Å². The summed E-state index contributed by atoms with van der Waals surface area (Å²) in [6.07, 6.45) is 1.81. The molecule has 0 spiro atoms. The fraction of sp³-hybridized carbons (Fsp3) is 0.429. The van der Waals surface area contributed by atoms with E-state index in [-0.39, 0.29) is 5.92 Å². The van der Waals surface area contributed by atoms with Gasteiger partial charge in [0, 0.05) is 19.3 Å². The minimum absolute atomic E-state index is 0.0319. The summed E-state index contributed by atoms with van der Waals surface area (Å²) in [5, 5.41) is 12.4. The van der Waals surface area contributed by atoms with Crippen molar-refractivity contribution in [1.82, 2.24) is 9.55 Å². The van der Waals surface area contributed by atoms with E-state index in [4.69, 9.17) is 5.26 Å². The summed E-state index contributed by atoms with van der Waals surface area (Å²) in [5.74, 6) is 0.394. The van der Waals surface area contributed by atoms with Crippen molar-refractivity contribution >= 4 is 16.7 Å². The maximum atomic E-state index is 9.04. The van der Waals surface area contributed by atoms with Crippen LogP contribution in [-0.2, 0) is 7.05 Å². The number of fused-ring (bicyclic) bond motifs is 1. The number of hydrogen-bond acceptors (Lipinski definition) is 3. The van der Waals surface area contributed by atoms with Crippen LogP contribution in [0.3, 0.4) is 0 Å². The maximum absolute atomic E-state index is 9.04. The summed E-state index contributed by atoms with van der Waals surface area (Å²) in [5.41, 5.74) is 3.10. The lowest BCUT2D eigenvalue weighted by Crippen LogP contribution is -2.17. The van der Waals surface area contributed by atoms with Gasteiger partial charge < -0.3 is 9.88 Å². The van der Waals surface area contributed by atoms with E-state index in [1.54, 1.807) is 6.33 Å². The number of nitrogens with one attached hydrogen (secondary N) is 1. The summed E-state index contributed by atoms with van der Waals surface area (Å²) in [6, 6.07) is 8.42. The molecule has 0 fully saturated rings. The zero-order valence-corrected chi connectivity index (χ0v) is 11.0. The number of imidazole rings is 1. The van der Waals surface area contributed by atoms with E-state index in [0.717, 1.165) is 16.7 Å². The van der Waals surface area contributed by atoms with Gasteiger partial charge >= 0.3 is 0 Å². The second-order valence-electron chi connectivity index (χ2n) is 4.92. The number of anilines is 1. The lowest BCUT2D eigenvalue weighted by Gasteiger charge is -2.14. The molecule has 0 amide bonds. The van der Waals surface area contributed by atoms with Crippen molar-refractivity contribution in [2.45, 2.75) is 13.8 Å². The number of aromatic nitrogens is 2. The van der Waals surface area contributed by atoms with Crippen LogP contribution < -0.4 is 5.32 Å². The van der Waals surface area contributed by atoms with Crippen molar-refractivity contribution in [3.63, 3.8) is 0 Å². The molecular formula is C14H18N4. The third-order valence-electron chi connectivity index (χ3n) is 3.22. The van der Waals surface area contributed by atoms with Gasteiger partial charge in [0.25, 0.3) is 0 Å². The normalized spacial score (nSPS) is 12.6. The Morgan fingerprint density at radius 3 is 2.89 bits per heavy atom. The van der Waals surface area contributed by atoms with Gasteiger partial charge in [-0.3, -0.25) is 0 Å². The molecule has 2 rings (SSSR count). The fourth-order valence-corrected chi connectivity index (χ4v) is 1.90. The van der Waals surface area contributed by atoms with Crippen LogP contribution in [-0.4, -0.2) is 16.1 Å². The minimum Gasteiger partial charge on any atom is -0.384 e. The summed E-state index contributed by atoms with van der Waals surface area (Å²) in [4.78, 5) is 4.32. The van der Waals surface area contributed by atoms with Gasteiger partial charge in [-0.15, -0.1) is 0 Å². The lowest BCUT2D eigenvalue weighted by atomic mass is 9.97. The Hall–Kier alpha value is -2.02. The molecule has 1 atom stereocenters. The van der Waals surface area contributed by atoms with Gasteiger partial charge in [0.2, 0.25) is 0 Å². The summed E-state index contributed by atoms with van der Waals surface area (Å²) in [6.45, 7) is 4.81. The molecule has 1 heterocycles. The van der Waals surface area contributed by atoms with E-state index in [0.29, 0.717) is 12.5 Å². The average molecular weight is 242 g/mol. The molecule has 1 N–H and O–H groups in total. The average Bonchev–Trinajstić information content (AvgIpc) is 2.71. The smallest absolute Gasteiger partial charge is 0.0955 e. The highest BCUT2D eigenvalue weighted by molar-refractivity contribution is 5.79. The number of aryl methyl sites for hydroxylation is 1. The van der Waals surface area contributed by atoms with Gasteiger partial charge in [-0.25, -0.2) is 4.98 Å². The first-order valence-corrected chi connectivity index (χ1v) is 6.16. The molecule has 4 heteroatoms. The molecular weight excluding hydrogens is 224 g/mol. The largest absolute Gasteiger partial charge is 0.384 e. The molecule has 0 radical (unpaired) electrons. The van der Waals surface area contributed by atoms with Gasteiger partial charge in [-0.2, -0.15) is 5.26 Å². The third-order valence-corrected chi connectivity index (χ3v) is 3.22. The Morgan fingerprint density at radius 1 is 1.44 bits per heavy atom. The van der Waals surface area contributed by atoms with E-state index in [1.807, 2.05) is 29.8 Å². The molecule has 0 aliphatic carbocycles. The SMILES string of the molecule is CC(C)C(C#N)CNc1ccc2c(c1)ncn2C. The molecule has 0 aliphatic rings. The zero-order chi connectivity index (χ0) is 13.1. The zero-order valence-electron chi connectivity index (χ0n) is 11.0. The molecule has 0 bridgehead atoms. The molecule has 0 aliphatic heterocycles. The number of hydrogen-bond donors (Lipinski definition) is 1. The summed E-state index contributed by atoms with van der Waals surface area (Å²) >= 11 is 0. The molecule has 94 valence electrons. The molecule has 18 heavy (non-hydrogen) atoms. The molecule has 1 aromatic carbocycles. The third kappa shape index (κ3) is 2.45. The van der Waals surface area contributed by atoms with Crippen molar-refractivity contribution in [3.05, 3.63) is 24.5 Å². The van der Waals surface area contributed by atoms with Gasteiger partial charge in [0.15, 0.2) is 0 Å². The molecule has 1 aromatic heterocycles. The van der Waals surface area contributed by atoms with Crippen LogP contribution >= 0.6 is 0 Å². The second kappa shape index (κ2) is 5.09. The lowest BCUT2D eigenvalue weighted by molar-refractivity contribution is 0.496. The standard InChI is InChI=1S/C14H18N4/c1-10(2)11(7-15)8-16-12-4-5-14-13(6-12)17-9-18(14)3/h4-6,9-11,16H,8H2,1-3H3. The summed E-state index contributed by atoms with van der Waals surface area (Å²) < 4.78 is 1.99. The van der Waals surface area contributed by atoms with E-state index < -0.39 is 0 Å². The van der Waals surface area contributed by atoms with Crippen molar-refractivity contribution in [2.75, 3.05) is 11.9 Å². The van der Waals surface area contributed by atoms with Crippen molar-refractivity contribution < 1.29 is 0 Å². The highest BCUT2D eigenvalue weighted by atomic mass is 15.0. The van der Waals surface area contributed by atoms with Crippen LogP contribution in [0.25, 0.3) is 11.0 Å². The highest BCUT2D eigenvalue weighted by Crippen LogP contribution is 2.18. The first-order valence-electron chi connectivity index (χ1n) is 6.16. The molecule has 0 saturated heterocycles. The van der Waals surface area contributed by atoms with Gasteiger partial charge in [-0.05, 0) is 24.1 Å². The van der Waals surface area contributed by atoms with Crippen LogP contribution in [0.15, 0.2) is 24.5 Å². The monoisotopic (exact) mass is 242 g/mol. The Balaban J connectivity index is 2.11.